The number of hydrogen-bond acceptors (Lipinski definition) is 6. The molecule has 0 aliphatic carbocycles. The summed E-state index contributed by atoms with van der Waals surface area (Å²) in [5.41, 5.74) is 4.61. The predicted octanol–water partition coefficient (Wildman–Crippen LogP) is 4.21. The molecule has 0 radical (unpaired) electrons. The molecule has 5 rings (SSSR count). The molecule has 0 saturated carbocycles. The Labute approximate surface area is 168 Å². The van der Waals surface area contributed by atoms with E-state index in [9.17, 15) is 0 Å². The first kappa shape index (κ1) is 17.6. The van der Waals surface area contributed by atoms with Gasteiger partial charge in [0.25, 0.3) is 0 Å². The van der Waals surface area contributed by atoms with Crippen molar-refractivity contribution in [2.24, 2.45) is 4.99 Å². The van der Waals surface area contributed by atoms with E-state index in [0.717, 1.165) is 60.4 Å². The largest absolute Gasteiger partial charge is 0.378 e. The maximum atomic E-state index is 6.71. The number of aromatic nitrogens is 1. The molecule has 0 atom stereocenters. The molecule has 2 aromatic rings. The molecule has 3 aliphatic heterocycles. The average molecular weight is 403 g/mol. The molecule has 3 aliphatic rings. The summed E-state index contributed by atoms with van der Waals surface area (Å²) in [5, 5.41) is 2.01. The molecule has 5 nitrogen and oxygen atoms in total. The third-order valence-corrected chi connectivity index (χ3v) is 7.11. The van der Waals surface area contributed by atoms with Crippen molar-refractivity contribution in [2.75, 3.05) is 37.9 Å². The number of nitrogens with zero attached hydrogens (tertiary/aromatic N) is 4. The van der Waals surface area contributed by atoms with Crippen LogP contribution in [0.25, 0.3) is 0 Å². The molecular weight excluding hydrogens is 380 g/mol. The van der Waals surface area contributed by atoms with E-state index in [4.69, 9.17) is 16.3 Å². The van der Waals surface area contributed by atoms with Crippen LogP contribution in [0.1, 0.15) is 35.6 Å². The summed E-state index contributed by atoms with van der Waals surface area (Å²) in [4.78, 5) is 9.34. The van der Waals surface area contributed by atoms with Gasteiger partial charge in [-0.25, -0.2) is 0 Å². The minimum atomic E-state index is 0.518. The number of aryl methyl sites for hydroxylation is 1. The molecule has 1 aromatic heterocycles. The van der Waals surface area contributed by atoms with Gasteiger partial charge in [0, 0.05) is 16.8 Å². The zero-order valence-corrected chi connectivity index (χ0v) is 17.0. The lowest BCUT2D eigenvalue weighted by atomic mass is 9.87. The molecule has 0 spiro atoms. The third-order valence-electron chi connectivity index (χ3n) is 5.88. The monoisotopic (exact) mass is 402 g/mol. The maximum absolute atomic E-state index is 6.71. The second kappa shape index (κ2) is 7.17. The first-order chi connectivity index (χ1) is 13.2. The van der Waals surface area contributed by atoms with E-state index >= 15 is 0 Å². The number of benzene rings is 1. The number of ether oxygens (including phenoxy) is 1. The summed E-state index contributed by atoms with van der Waals surface area (Å²) >= 11 is 8.23. The Morgan fingerprint density at radius 2 is 2.00 bits per heavy atom. The summed E-state index contributed by atoms with van der Waals surface area (Å²) in [5.74, 6) is 0.518. The van der Waals surface area contributed by atoms with Crippen LogP contribution in [-0.4, -0.2) is 54.5 Å². The number of fused-ring (bicyclic) bond motifs is 1. The zero-order valence-electron chi connectivity index (χ0n) is 15.4. The van der Waals surface area contributed by atoms with Crippen LogP contribution in [0.4, 0.5) is 10.7 Å². The van der Waals surface area contributed by atoms with E-state index < -0.39 is 0 Å². The number of likely N-dealkylation sites (tertiary alicyclic amines) is 1. The van der Waals surface area contributed by atoms with Crippen molar-refractivity contribution in [1.29, 1.82) is 0 Å². The summed E-state index contributed by atoms with van der Waals surface area (Å²) in [7, 11) is 0. The standard InChI is InChI=1S/C20H23ClN4OS/c1-13-6-20(27-23-13)25-12-22-9-15-7-18(21)17(8-19(15)25)14-2-4-24(5-3-14)16-10-26-11-16/h6-9,14,16H,2-5,10-12H2,1H3. The van der Waals surface area contributed by atoms with Crippen LogP contribution in [0.3, 0.4) is 0 Å². The van der Waals surface area contributed by atoms with Gasteiger partial charge in [-0.2, -0.15) is 4.37 Å². The van der Waals surface area contributed by atoms with Crippen molar-refractivity contribution >= 4 is 40.0 Å². The molecular formula is C20H23ClN4OS. The smallest absolute Gasteiger partial charge is 0.118 e. The normalized spacial score (nSPS) is 21.3. The fraction of sp³-hybridized carbons (Fsp3) is 0.500. The summed E-state index contributed by atoms with van der Waals surface area (Å²) in [6, 6.07) is 7.14. The quantitative estimate of drug-likeness (QED) is 0.771. The van der Waals surface area contributed by atoms with E-state index in [1.807, 2.05) is 13.1 Å². The van der Waals surface area contributed by atoms with Crippen LogP contribution >= 0.6 is 23.1 Å². The molecule has 0 unspecified atom stereocenters. The molecule has 2 fully saturated rings. The molecule has 0 amide bonds. The van der Waals surface area contributed by atoms with Gasteiger partial charge in [0.15, 0.2) is 0 Å². The number of piperidine rings is 1. The van der Waals surface area contributed by atoms with Gasteiger partial charge in [-0.3, -0.25) is 9.89 Å². The molecule has 7 heteroatoms. The Hall–Kier alpha value is -1.47. The first-order valence-electron chi connectivity index (χ1n) is 9.55. The van der Waals surface area contributed by atoms with Crippen LogP contribution < -0.4 is 4.90 Å². The van der Waals surface area contributed by atoms with Gasteiger partial charge in [-0.15, -0.1) is 0 Å². The highest BCUT2D eigenvalue weighted by atomic mass is 35.5. The van der Waals surface area contributed by atoms with Gasteiger partial charge in [-0.1, -0.05) is 11.6 Å². The zero-order chi connectivity index (χ0) is 18.4. The molecule has 2 saturated heterocycles. The highest BCUT2D eigenvalue weighted by molar-refractivity contribution is 7.10. The van der Waals surface area contributed by atoms with Gasteiger partial charge in [0.1, 0.15) is 11.7 Å². The fourth-order valence-corrected chi connectivity index (χ4v) is 5.31. The number of halogens is 1. The van der Waals surface area contributed by atoms with Crippen LogP contribution in [0, 0.1) is 6.92 Å². The molecule has 142 valence electrons. The molecule has 27 heavy (non-hydrogen) atoms. The number of aliphatic imine (C=N–C) groups is 1. The molecule has 0 bridgehead atoms. The summed E-state index contributed by atoms with van der Waals surface area (Å²) in [6.45, 7) is 6.72. The van der Waals surface area contributed by atoms with Gasteiger partial charge in [-0.05, 0) is 74.1 Å². The lowest BCUT2D eigenvalue weighted by molar-refractivity contribution is -0.0712. The van der Waals surface area contributed by atoms with Crippen LogP contribution in [0.5, 0.6) is 0 Å². The van der Waals surface area contributed by atoms with Gasteiger partial charge >= 0.3 is 0 Å². The van der Waals surface area contributed by atoms with Crippen molar-refractivity contribution in [3.8, 4) is 0 Å². The van der Waals surface area contributed by atoms with Crippen molar-refractivity contribution in [2.45, 2.75) is 31.7 Å². The van der Waals surface area contributed by atoms with Gasteiger partial charge in [0.2, 0.25) is 0 Å². The van der Waals surface area contributed by atoms with Crippen molar-refractivity contribution in [3.63, 3.8) is 0 Å². The summed E-state index contributed by atoms with van der Waals surface area (Å²) < 4.78 is 9.79. The number of hydrogen-bond donors (Lipinski definition) is 0. The second-order valence-corrected chi connectivity index (χ2v) is 8.81. The molecule has 1 aromatic carbocycles. The van der Waals surface area contributed by atoms with Crippen molar-refractivity contribution in [1.82, 2.24) is 9.27 Å². The maximum Gasteiger partial charge on any atom is 0.118 e. The summed E-state index contributed by atoms with van der Waals surface area (Å²) in [6.07, 6.45) is 4.25. The van der Waals surface area contributed by atoms with Crippen LogP contribution in [0.15, 0.2) is 23.2 Å². The van der Waals surface area contributed by atoms with Crippen LogP contribution in [-0.2, 0) is 4.74 Å². The minimum absolute atomic E-state index is 0.518. The first-order valence-corrected chi connectivity index (χ1v) is 10.7. The Balaban J connectivity index is 1.42. The van der Waals surface area contributed by atoms with Gasteiger partial charge < -0.3 is 9.64 Å². The van der Waals surface area contributed by atoms with E-state index in [-0.39, 0.29) is 0 Å². The van der Waals surface area contributed by atoms with E-state index in [1.165, 1.54) is 22.8 Å². The number of anilines is 2. The van der Waals surface area contributed by atoms with Crippen molar-refractivity contribution < 1.29 is 4.74 Å². The highest BCUT2D eigenvalue weighted by Crippen LogP contribution is 2.41. The average Bonchev–Trinajstić information content (AvgIpc) is 3.06. The molecule has 0 N–H and O–H groups in total. The Morgan fingerprint density at radius 3 is 2.67 bits per heavy atom. The van der Waals surface area contributed by atoms with Crippen LogP contribution in [0.2, 0.25) is 5.02 Å². The Bertz CT molecular complexity index is 871. The fourth-order valence-electron chi connectivity index (χ4n) is 4.22. The van der Waals surface area contributed by atoms with E-state index in [2.05, 4.69) is 37.4 Å². The second-order valence-electron chi connectivity index (χ2n) is 7.62. The highest BCUT2D eigenvalue weighted by Gasteiger charge is 2.31. The minimum Gasteiger partial charge on any atom is -0.378 e. The number of rotatable bonds is 3. The van der Waals surface area contributed by atoms with Gasteiger partial charge in [0.05, 0.1) is 30.6 Å². The Morgan fingerprint density at radius 1 is 1.19 bits per heavy atom. The Kier molecular flexibility index (Phi) is 4.68. The lowest BCUT2D eigenvalue weighted by Gasteiger charge is -2.41. The lowest BCUT2D eigenvalue weighted by Crippen LogP contribution is -2.51. The molecule has 4 heterocycles. The van der Waals surface area contributed by atoms with E-state index in [1.54, 1.807) is 0 Å². The van der Waals surface area contributed by atoms with E-state index in [0.29, 0.717) is 18.6 Å². The predicted molar refractivity (Wildman–Crippen MR) is 111 cm³/mol. The topological polar surface area (TPSA) is 41.0 Å². The SMILES string of the molecule is Cc1cc(N2CN=Cc3cc(Cl)c(C4CCN(C5COC5)CC4)cc32)sn1. The van der Waals surface area contributed by atoms with Crippen molar-refractivity contribution in [3.05, 3.63) is 40.0 Å². The third kappa shape index (κ3) is 3.29.